The molecule has 0 aromatic heterocycles. The minimum atomic E-state index is -0.616. The molecule has 2 N–H and O–H groups in total. The van der Waals surface area contributed by atoms with Crippen LogP contribution in [0.15, 0.2) is 24.3 Å². The average Bonchev–Trinajstić information content (AvgIpc) is 2.25. The summed E-state index contributed by atoms with van der Waals surface area (Å²) in [5, 5.41) is 4.97. The third-order valence-electron chi connectivity index (χ3n) is 1.78. The van der Waals surface area contributed by atoms with Crippen LogP contribution in [0.2, 0.25) is 0 Å². The molecule has 0 saturated carbocycles. The van der Waals surface area contributed by atoms with Gasteiger partial charge in [-0.25, -0.2) is 4.79 Å². The van der Waals surface area contributed by atoms with Gasteiger partial charge in [0.15, 0.2) is 0 Å². The van der Waals surface area contributed by atoms with Gasteiger partial charge in [-0.1, -0.05) is 18.2 Å². The SMILES string of the molecule is CC(C)(C)OC(=O)NCC(=O)Nc1[c]cccc1. The van der Waals surface area contributed by atoms with Gasteiger partial charge in [-0.05, 0) is 26.8 Å². The van der Waals surface area contributed by atoms with Crippen LogP contribution in [0.3, 0.4) is 0 Å². The summed E-state index contributed by atoms with van der Waals surface area (Å²) < 4.78 is 5.00. The lowest BCUT2D eigenvalue weighted by Gasteiger charge is -2.19. The van der Waals surface area contributed by atoms with Crippen molar-refractivity contribution in [2.75, 3.05) is 11.9 Å². The molecule has 5 nitrogen and oxygen atoms in total. The Kier molecular flexibility index (Phi) is 4.71. The van der Waals surface area contributed by atoms with Crippen LogP contribution >= 0.6 is 0 Å². The van der Waals surface area contributed by atoms with E-state index in [1.54, 1.807) is 45.0 Å². The van der Waals surface area contributed by atoms with Crippen LogP contribution < -0.4 is 10.6 Å². The molecule has 5 heteroatoms. The van der Waals surface area contributed by atoms with Crippen molar-refractivity contribution in [3.63, 3.8) is 0 Å². The summed E-state index contributed by atoms with van der Waals surface area (Å²) in [6.45, 7) is 5.13. The van der Waals surface area contributed by atoms with Crippen LogP contribution in [0.4, 0.5) is 10.5 Å². The summed E-state index contributed by atoms with van der Waals surface area (Å²) in [6.07, 6.45) is -0.616. The molecule has 0 aliphatic carbocycles. The number of hydrogen-bond donors (Lipinski definition) is 2. The molecule has 1 aromatic carbocycles. The second kappa shape index (κ2) is 6.05. The van der Waals surface area contributed by atoms with Gasteiger partial charge in [-0.3, -0.25) is 4.79 Å². The predicted octanol–water partition coefficient (Wildman–Crippen LogP) is 1.95. The number of para-hydroxylation sites is 1. The second-order valence-corrected chi connectivity index (χ2v) is 4.68. The number of carbonyl (C=O) groups is 2. The minimum Gasteiger partial charge on any atom is -0.444 e. The molecular weight excluding hydrogens is 232 g/mol. The first kappa shape index (κ1) is 14.0. The van der Waals surface area contributed by atoms with Crippen molar-refractivity contribution in [1.29, 1.82) is 0 Å². The number of nitrogens with one attached hydrogen (secondary N) is 2. The Balaban J connectivity index is 2.32. The van der Waals surface area contributed by atoms with Crippen LogP contribution in [0.5, 0.6) is 0 Å². The van der Waals surface area contributed by atoms with Gasteiger partial charge in [0, 0.05) is 11.8 Å². The highest BCUT2D eigenvalue weighted by atomic mass is 16.6. The summed E-state index contributed by atoms with van der Waals surface area (Å²) in [5.74, 6) is -0.330. The first-order valence-corrected chi connectivity index (χ1v) is 5.60. The van der Waals surface area contributed by atoms with E-state index in [0.717, 1.165) is 0 Å². The van der Waals surface area contributed by atoms with Gasteiger partial charge in [0.25, 0.3) is 0 Å². The third-order valence-corrected chi connectivity index (χ3v) is 1.78. The van der Waals surface area contributed by atoms with Gasteiger partial charge >= 0.3 is 6.09 Å². The Morgan fingerprint density at radius 3 is 2.61 bits per heavy atom. The molecule has 0 bridgehead atoms. The maximum atomic E-state index is 11.5. The maximum Gasteiger partial charge on any atom is 0.408 e. The summed E-state index contributed by atoms with van der Waals surface area (Å²) in [5.41, 5.74) is -0.0122. The highest BCUT2D eigenvalue weighted by molar-refractivity contribution is 5.93. The summed E-state index contributed by atoms with van der Waals surface area (Å²) in [6, 6.07) is 9.84. The van der Waals surface area contributed by atoms with Crippen LogP contribution in [-0.4, -0.2) is 24.1 Å². The Hall–Kier alpha value is -2.04. The molecule has 1 rings (SSSR count). The van der Waals surface area contributed by atoms with Crippen molar-refractivity contribution < 1.29 is 14.3 Å². The molecule has 1 aromatic rings. The van der Waals surface area contributed by atoms with Crippen molar-refractivity contribution >= 4 is 17.7 Å². The smallest absolute Gasteiger partial charge is 0.408 e. The fraction of sp³-hybridized carbons (Fsp3) is 0.385. The van der Waals surface area contributed by atoms with Crippen molar-refractivity contribution in [2.45, 2.75) is 26.4 Å². The van der Waals surface area contributed by atoms with E-state index >= 15 is 0 Å². The van der Waals surface area contributed by atoms with Gasteiger partial charge in [0.05, 0.1) is 0 Å². The van der Waals surface area contributed by atoms with E-state index in [-0.39, 0.29) is 12.5 Å². The Labute approximate surface area is 107 Å². The monoisotopic (exact) mass is 249 g/mol. The van der Waals surface area contributed by atoms with Crippen molar-refractivity contribution in [2.24, 2.45) is 0 Å². The molecule has 0 unspecified atom stereocenters. The van der Waals surface area contributed by atoms with E-state index in [1.165, 1.54) is 0 Å². The third kappa shape index (κ3) is 5.89. The number of rotatable bonds is 3. The molecule has 0 aliphatic heterocycles. The van der Waals surface area contributed by atoms with E-state index in [0.29, 0.717) is 5.69 Å². The zero-order valence-corrected chi connectivity index (χ0v) is 10.7. The molecule has 1 radical (unpaired) electrons. The normalized spacial score (nSPS) is 10.6. The number of amides is 2. The van der Waals surface area contributed by atoms with Crippen LogP contribution in [0.1, 0.15) is 20.8 Å². The zero-order chi connectivity index (χ0) is 13.6. The van der Waals surface area contributed by atoms with Gasteiger partial charge in [-0.2, -0.15) is 0 Å². The first-order chi connectivity index (χ1) is 8.37. The first-order valence-electron chi connectivity index (χ1n) is 5.60. The van der Waals surface area contributed by atoms with E-state index in [2.05, 4.69) is 16.7 Å². The Bertz CT molecular complexity index is 410. The fourth-order valence-electron chi connectivity index (χ4n) is 1.13. The average molecular weight is 249 g/mol. The highest BCUT2D eigenvalue weighted by Gasteiger charge is 2.16. The number of benzene rings is 1. The number of hydrogen-bond acceptors (Lipinski definition) is 3. The highest BCUT2D eigenvalue weighted by Crippen LogP contribution is 2.06. The molecule has 97 valence electrons. The molecule has 18 heavy (non-hydrogen) atoms. The standard InChI is InChI=1S/C13H17N2O3/c1-13(2,3)18-12(17)14-9-11(16)15-10-7-5-4-6-8-10/h4-7H,9H2,1-3H3,(H,14,17)(H,15,16). The molecule has 0 spiro atoms. The topological polar surface area (TPSA) is 67.4 Å². The zero-order valence-electron chi connectivity index (χ0n) is 10.7. The second-order valence-electron chi connectivity index (χ2n) is 4.68. The Morgan fingerprint density at radius 1 is 1.33 bits per heavy atom. The molecular formula is C13H17N2O3. The van der Waals surface area contributed by atoms with Gasteiger partial charge in [0.1, 0.15) is 12.1 Å². The van der Waals surface area contributed by atoms with Gasteiger partial charge in [-0.15, -0.1) is 0 Å². The molecule has 0 atom stereocenters. The van der Waals surface area contributed by atoms with Crippen LogP contribution in [-0.2, 0) is 9.53 Å². The molecule has 0 heterocycles. The number of alkyl carbamates (subject to hydrolysis) is 1. The van der Waals surface area contributed by atoms with E-state index in [1.807, 2.05) is 0 Å². The lowest BCUT2D eigenvalue weighted by atomic mass is 10.2. The predicted molar refractivity (Wildman–Crippen MR) is 68.1 cm³/mol. The minimum absolute atomic E-state index is 0.141. The Morgan fingerprint density at radius 2 is 2.06 bits per heavy atom. The van der Waals surface area contributed by atoms with E-state index in [9.17, 15) is 9.59 Å². The van der Waals surface area contributed by atoms with Crippen molar-refractivity contribution in [3.05, 3.63) is 30.3 Å². The van der Waals surface area contributed by atoms with Gasteiger partial charge in [0.2, 0.25) is 5.91 Å². The number of ether oxygens (including phenoxy) is 1. The maximum absolute atomic E-state index is 11.5. The van der Waals surface area contributed by atoms with Crippen molar-refractivity contribution in [1.82, 2.24) is 5.32 Å². The number of anilines is 1. The number of carbonyl (C=O) groups excluding carboxylic acids is 2. The summed E-state index contributed by atoms with van der Waals surface area (Å²) in [4.78, 5) is 22.8. The van der Waals surface area contributed by atoms with Crippen molar-refractivity contribution in [3.8, 4) is 0 Å². The lowest BCUT2D eigenvalue weighted by Crippen LogP contribution is -2.37. The van der Waals surface area contributed by atoms with E-state index < -0.39 is 11.7 Å². The fourth-order valence-corrected chi connectivity index (χ4v) is 1.13. The summed E-state index contributed by atoms with van der Waals surface area (Å²) in [7, 11) is 0. The van der Waals surface area contributed by atoms with Crippen LogP contribution in [0, 0.1) is 6.07 Å². The molecule has 0 fully saturated rings. The van der Waals surface area contributed by atoms with Crippen LogP contribution in [0.25, 0.3) is 0 Å². The van der Waals surface area contributed by atoms with E-state index in [4.69, 9.17) is 4.74 Å². The quantitative estimate of drug-likeness (QED) is 0.860. The van der Waals surface area contributed by atoms with Gasteiger partial charge < -0.3 is 15.4 Å². The molecule has 0 saturated heterocycles. The summed E-state index contributed by atoms with van der Waals surface area (Å²) >= 11 is 0. The largest absolute Gasteiger partial charge is 0.444 e. The lowest BCUT2D eigenvalue weighted by molar-refractivity contribution is -0.115. The molecule has 0 aliphatic rings. The molecule has 2 amide bonds.